The first kappa shape index (κ1) is 9.67. The van der Waals surface area contributed by atoms with Crippen LogP contribution >= 0.6 is 27.3 Å². The molecule has 0 radical (unpaired) electrons. The third-order valence-corrected chi connectivity index (χ3v) is 3.54. The summed E-state index contributed by atoms with van der Waals surface area (Å²) >= 11 is 4.83. The van der Waals surface area contributed by atoms with Crippen LogP contribution in [0.25, 0.3) is 0 Å². The number of hydrogen-bond acceptors (Lipinski definition) is 4. The Bertz CT molecular complexity index is 401. The summed E-state index contributed by atoms with van der Waals surface area (Å²) in [5.74, 6) is -0.973. The molecule has 0 saturated carbocycles. The molecule has 0 spiro atoms. The summed E-state index contributed by atoms with van der Waals surface area (Å²) in [6.45, 7) is 0. The Morgan fingerprint density at radius 3 is 3.07 bits per heavy atom. The second-order valence-corrected chi connectivity index (χ2v) is 4.63. The topological polar surface area (TPSA) is 58.9 Å². The number of carboxylic acids is 1. The van der Waals surface area contributed by atoms with Gasteiger partial charge in [-0.05, 0) is 22.0 Å². The maximum atomic E-state index is 10.6. The van der Waals surface area contributed by atoms with E-state index in [1.54, 1.807) is 0 Å². The van der Waals surface area contributed by atoms with Crippen LogP contribution in [0.3, 0.4) is 0 Å². The number of rotatable bonds is 2. The van der Waals surface area contributed by atoms with E-state index >= 15 is 0 Å². The third kappa shape index (κ3) is 1.80. The first-order valence-electron chi connectivity index (χ1n) is 3.86. The van der Waals surface area contributed by atoms with Gasteiger partial charge < -0.3 is 9.94 Å². The van der Waals surface area contributed by atoms with Crippen molar-refractivity contribution in [3.8, 4) is 0 Å². The van der Waals surface area contributed by atoms with Crippen LogP contribution < -0.4 is 0 Å². The number of carboxylic acid groups (broad SMARTS) is 1. The van der Waals surface area contributed by atoms with Crippen molar-refractivity contribution < 1.29 is 14.7 Å². The van der Waals surface area contributed by atoms with E-state index in [0.717, 1.165) is 9.35 Å². The summed E-state index contributed by atoms with van der Waals surface area (Å²) in [4.78, 5) is 16.3. The second kappa shape index (κ2) is 3.70. The number of hydrogen-bond donors (Lipinski definition) is 1. The molecule has 1 aromatic heterocycles. The van der Waals surface area contributed by atoms with Gasteiger partial charge in [-0.2, -0.15) is 0 Å². The zero-order chi connectivity index (χ0) is 10.1. The van der Waals surface area contributed by atoms with Crippen molar-refractivity contribution >= 4 is 38.9 Å². The average molecular weight is 276 g/mol. The SMILES string of the molecule is O=C(O)C1CC(c2cc(Br)cs2)=NO1. The molecule has 1 aliphatic rings. The molecule has 2 rings (SSSR count). The second-order valence-electron chi connectivity index (χ2n) is 2.80. The third-order valence-electron chi connectivity index (χ3n) is 1.80. The molecular weight excluding hydrogens is 270 g/mol. The van der Waals surface area contributed by atoms with Crippen LogP contribution in [0.2, 0.25) is 0 Å². The molecule has 0 amide bonds. The highest BCUT2D eigenvalue weighted by Crippen LogP contribution is 2.25. The number of carbonyl (C=O) groups is 1. The van der Waals surface area contributed by atoms with Crippen LogP contribution in [0.5, 0.6) is 0 Å². The highest BCUT2D eigenvalue weighted by Gasteiger charge is 2.28. The van der Waals surface area contributed by atoms with E-state index in [9.17, 15) is 4.79 Å². The highest BCUT2D eigenvalue weighted by molar-refractivity contribution is 9.10. The van der Waals surface area contributed by atoms with E-state index in [2.05, 4.69) is 21.1 Å². The molecule has 0 saturated heterocycles. The van der Waals surface area contributed by atoms with Crippen LogP contribution in [0, 0.1) is 0 Å². The van der Waals surface area contributed by atoms with Gasteiger partial charge in [-0.15, -0.1) is 11.3 Å². The van der Waals surface area contributed by atoms with Gasteiger partial charge in [-0.1, -0.05) is 5.16 Å². The molecule has 4 nitrogen and oxygen atoms in total. The molecule has 0 aromatic carbocycles. The van der Waals surface area contributed by atoms with Gasteiger partial charge in [0.15, 0.2) is 0 Å². The standard InChI is InChI=1S/C8H6BrNO3S/c9-4-1-7(14-3-4)5-2-6(8(11)12)13-10-5/h1,3,6H,2H2,(H,11,12). The number of halogens is 1. The van der Waals surface area contributed by atoms with E-state index in [1.165, 1.54) is 11.3 Å². The predicted molar refractivity (Wildman–Crippen MR) is 55.7 cm³/mol. The lowest BCUT2D eigenvalue weighted by Gasteiger charge is -1.98. The molecule has 6 heteroatoms. The molecular formula is C8H6BrNO3S. The van der Waals surface area contributed by atoms with Gasteiger partial charge in [-0.25, -0.2) is 4.79 Å². The van der Waals surface area contributed by atoms with Crippen LogP contribution in [-0.2, 0) is 9.63 Å². The van der Waals surface area contributed by atoms with Gasteiger partial charge in [0.05, 0.1) is 4.88 Å². The maximum Gasteiger partial charge on any atom is 0.348 e. The quantitative estimate of drug-likeness (QED) is 0.899. The van der Waals surface area contributed by atoms with Gasteiger partial charge in [0.25, 0.3) is 0 Å². The molecule has 14 heavy (non-hydrogen) atoms. The summed E-state index contributed by atoms with van der Waals surface area (Å²) in [5.41, 5.74) is 0.702. The maximum absolute atomic E-state index is 10.6. The first-order valence-corrected chi connectivity index (χ1v) is 5.54. The lowest BCUT2D eigenvalue weighted by atomic mass is 10.1. The Morgan fingerprint density at radius 1 is 1.79 bits per heavy atom. The highest BCUT2D eigenvalue weighted by atomic mass is 79.9. The monoisotopic (exact) mass is 275 g/mol. The van der Waals surface area contributed by atoms with Crippen molar-refractivity contribution in [1.82, 2.24) is 0 Å². The Hall–Kier alpha value is -0.880. The molecule has 0 aliphatic carbocycles. The molecule has 74 valence electrons. The van der Waals surface area contributed by atoms with Gasteiger partial charge in [-0.3, -0.25) is 0 Å². The fourth-order valence-corrected chi connectivity index (χ4v) is 2.54. The first-order chi connectivity index (χ1) is 6.66. The van der Waals surface area contributed by atoms with Gasteiger partial charge in [0.1, 0.15) is 5.71 Å². The van der Waals surface area contributed by atoms with Crippen molar-refractivity contribution in [2.24, 2.45) is 5.16 Å². The molecule has 0 bridgehead atoms. The molecule has 1 atom stereocenters. The van der Waals surface area contributed by atoms with Crippen LogP contribution in [-0.4, -0.2) is 22.9 Å². The molecule has 1 aromatic rings. The minimum absolute atomic E-state index is 0.336. The summed E-state index contributed by atoms with van der Waals surface area (Å²) in [7, 11) is 0. The molecule has 2 heterocycles. The fraction of sp³-hybridized carbons (Fsp3) is 0.250. The van der Waals surface area contributed by atoms with Gasteiger partial charge in [0.2, 0.25) is 6.10 Å². The van der Waals surface area contributed by atoms with Crippen molar-refractivity contribution in [1.29, 1.82) is 0 Å². The van der Waals surface area contributed by atoms with Crippen molar-refractivity contribution in [3.63, 3.8) is 0 Å². The number of nitrogens with zero attached hydrogens (tertiary/aromatic N) is 1. The van der Waals surface area contributed by atoms with Crippen LogP contribution in [0.1, 0.15) is 11.3 Å². The Kier molecular flexibility index (Phi) is 2.56. The molecule has 0 fully saturated rings. The number of thiophene rings is 1. The summed E-state index contributed by atoms with van der Waals surface area (Å²) in [6, 6.07) is 1.90. The Balaban J connectivity index is 2.12. The predicted octanol–water partition coefficient (Wildman–Crippen LogP) is 2.09. The lowest BCUT2D eigenvalue weighted by molar-refractivity contribution is -0.148. The fourth-order valence-electron chi connectivity index (χ4n) is 1.12. The minimum Gasteiger partial charge on any atom is -0.478 e. The minimum atomic E-state index is -0.973. The largest absolute Gasteiger partial charge is 0.478 e. The molecule has 1 unspecified atom stereocenters. The zero-order valence-electron chi connectivity index (χ0n) is 6.94. The molecule has 1 N–H and O–H groups in total. The molecule has 1 aliphatic heterocycles. The van der Waals surface area contributed by atoms with E-state index in [4.69, 9.17) is 9.94 Å². The lowest BCUT2D eigenvalue weighted by Crippen LogP contribution is -2.19. The zero-order valence-corrected chi connectivity index (χ0v) is 9.34. The van der Waals surface area contributed by atoms with Crippen LogP contribution in [0.4, 0.5) is 0 Å². The van der Waals surface area contributed by atoms with Gasteiger partial charge >= 0.3 is 5.97 Å². The summed E-state index contributed by atoms with van der Waals surface area (Å²) in [6.07, 6.45) is -0.492. The summed E-state index contributed by atoms with van der Waals surface area (Å²) in [5, 5.41) is 14.3. The number of aliphatic carboxylic acids is 1. The van der Waals surface area contributed by atoms with Gasteiger partial charge in [0, 0.05) is 16.3 Å². The smallest absolute Gasteiger partial charge is 0.348 e. The van der Waals surface area contributed by atoms with E-state index in [-0.39, 0.29) is 0 Å². The Labute approximate surface area is 92.3 Å². The van der Waals surface area contributed by atoms with Crippen molar-refractivity contribution in [2.45, 2.75) is 12.5 Å². The van der Waals surface area contributed by atoms with E-state index in [1.807, 2.05) is 11.4 Å². The average Bonchev–Trinajstić information content (AvgIpc) is 2.70. The van der Waals surface area contributed by atoms with E-state index < -0.39 is 12.1 Å². The number of oxime groups is 1. The van der Waals surface area contributed by atoms with E-state index in [0.29, 0.717) is 12.1 Å². The van der Waals surface area contributed by atoms with Crippen molar-refractivity contribution in [3.05, 3.63) is 20.8 Å². The van der Waals surface area contributed by atoms with Crippen molar-refractivity contribution in [2.75, 3.05) is 0 Å². The Morgan fingerprint density at radius 2 is 2.57 bits per heavy atom. The summed E-state index contributed by atoms with van der Waals surface area (Å²) < 4.78 is 0.971. The van der Waals surface area contributed by atoms with Crippen LogP contribution in [0.15, 0.2) is 21.1 Å². The normalized spacial score (nSPS) is 20.4.